The maximum atomic E-state index is 13.9. The first-order chi connectivity index (χ1) is 10.3. The molecule has 6 heteroatoms. The first-order valence-electron chi connectivity index (χ1n) is 7.15. The van der Waals surface area contributed by atoms with Gasteiger partial charge in [-0.1, -0.05) is 6.07 Å². The Balaban J connectivity index is 1.77. The van der Waals surface area contributed by atoms with E-state index in [-0.39, 0.29) is 5.82 Å². The Labute approximate surface area is 123 Å². The number of aromatic nitrogens is 3. The van der Waals surface area contributed by atoms with Crippen molar-refractivity contribution in [3.05, 3.63) is 41.7 Å². The summed E-state index contributed by atoms with van der Waals surface area (Å²) in [7, 11) is 0. The Kier molecular flexibility index (Phi) is 3.94. The van der Waals surface area contributed by atoms with Crippen molar-refractivity contribution in [3.63, 3.8) is 0 Å². The molecule has 0 atom stereocenters. The number of anilines is 2. The fourth-order valence-electron chi connectivity index (χ4n) is 2.54. The van der Waals surface area contributed by atoms with Gasteiger partial charge in [0.1, 0.15) is 12.1 Å². The van der Waals surface area contributed by atoms with Crippen LogP contribution in [-0.4, -0.2) is 28.0 Å². The van der Waals surface area contributed by atoms with E-state index >= 15 is 0 Å². The average Bonchev–Trinajstić information content (AvgIpc) is 3.03. The summed E-state index contributed by atoms with van der Waals surface area (Å²) in [5, 5.41) is 3.04. The van der Waals surface area contributed by atoms with Gasteiger partial charge < -0.3 is 10.2 Å². The maximum Gasteiger partial charge on any atom is 0.186 e. The van der Waals surface area contributed by atoms with E-state index in [1.54, 1.807) is 13.1 Å². The lowest BCUT2D eigenvalue weighted by molar-refractivity contribution is 0.604. The molecule has 0 aromatic carbocycles. The van der Waals surface area contributed by atoms with Crippen LogP contribution in [0.3, 0.4) is 0 Å². The van der Waals surface area contributed by atoms with Crippen molar-refractivity contribution in [2.75, 3.05) is 23.3 Å². The van der Waals surface area contributed by atoms with Crippen molar-refractivity contribution in [2.45, 2.75) is 26.3 Å². The predicted octanol–water partition coefficient (Wildman–Crippen LogP) is 2.53. The van der Waals surface area contributed by atoms with Crippen LogP contribution in [0, 0.1) is 12.7 Å². The second-order valence-electron chi connectivity index (χ2n) is 5.16. The second-order valence-corrected chi connectivity index (χ2v) is 5.16. The van der Waals surface area contributed by atoms with E-state index in [2.05, 4.69) is 25.2 Å². The molecule has 3 rings (SSSR count). The molecule has 3 heterocycles. The SMILES string of the molecule is Cc1ncnc(NCc2cccnc2N2CCCC2)c1F. The smallest absolute Gasteiger partial charge is 0.186 e. The summed E-state index contributed by atoms with van der Waals surface area (Å²) in [6.07, 6.45) is 5.56. The molecule has 1 aliphatic rings. The minimum Gasteiger partial charge on any atom is -0.363 e. The van der Waals surface area contributed by atoms with Crippen molar-refractivity contribution in [1.29, 1.82) is 0 Å². The molecule has 5 nitrogen and oxygen atoms in total. The van der Waals surface area contributed by atoms with Crippen molar-refractivity contribution < 1.29 is 4.39 Å². The fraction of sp³-hybridized carbons (Fsp3) is 0.400. The molecule has 1 saturated heterocycles. The van der Waals surface area contributed by atoms with Crippen LogP contribution in [0.25, 0.3) is 0 Å². The van der Waals surface area contributed by atoms with Crippen LogP contribution in [0.2, 0.25) is 0 Å². The van der Waals surface area contributed by atoms with Gasteiger partial charge in [0.15, 0.2) is 11.6 Å². The third kappa shape index (κ3) is 2.94. The molecule has 110 valence electrons. The summed E-state index contributed by atoms with van der Waals surface area (Å²) >= 11 is 0. The highest BCUT2D eigenvalue weighted by Gasteiger charge is 2.17. The van der Waals surface area contributed by atoms with Crippen LogP contribution < -0.4 is 10.2 Å². The van der Waals surface area contributed by atoms with Gasteiger partial charge in [-0.25, -0.2) is 19.3 Å². The number of pyridine rings is 1. The van der Waals surface area contributed by atoms with Crippen LogP contribution in [0.1, 0.15) is 24.1 Å². The topological polar surface area (TPSA) is 53.9 Å². The number of hydrogen-bond acceptors (Lipinski definition) is 5. The molecule has 1 fully saturated rings. The van der Waals surface area contributed by atoms with Crippen LogP contribution in [0.4, 0.5) is 16.0 Å². The largest absolute Gasteiger partial charge is 0.363 e. The van der Waals surface area contributed by atoms with Crippen molar-refractivity contribution in [1.82, 2.24) is 15.0 Å². The number of nitrogens with one attached hydrogen (secondary N) is 1. The van der Waals surface area contributed by atoms with Gasteiger partial charge in [-0.2, -0.15) is 0 Å². The minimum absolute atomic E-state index is 0.235. The zero-order valence-electron chi connectivity index (χ0n) is 12.0. The van der Waals surface area contributed by atoms with Crippen molar-refractivity contribution >= 4 is 11.6 Å². The third-order valence-electron chi connectivity index (χ3n) is 3.68. The standard InChI is InChI=1S/C15H18FN5/c1-11-13(16)14(20-10-19-11)18-9-12-5-4-6-17-15(12)21-7-2-3-8-21/h4-6,10H,2-3,7-9H2,1H3,(H,18,19,20). The molecule has 2 aromatic heterocycles. The molecule has 0 bridgehead atoms. The van der Waals surface area contributed by atoms with E-state index in [0.29, 0.717) is 12.2 Å². The highest BCUT2D eigenvalue weighted by Crippen LogP contribution is 2.23. The van der Waals surface area contributed by atoms with Gasteiger partial charge in [-0.05, 0) is 25.8 Å². The summed E-state index contributed by atoms with van der Waals surface area (Å²) < 4.78 is 13.9. The fourth-order valence-corrected chi connectivity index (χ4v) is 2.54. The molecule has 0 saturated carbocycles. The number of aryl methyl sites for hydroxylation is 1. The number of hydrogen-bond donors (Lipinski definition) is 1. The van der Waals surface area contributed by atoms with E-state index < -0.39 is 5.82 Å². The third-order valence-corrected chi connectivity index (χ3v) is 3.68. The van der Waals surface area contributed by atoms with E-state index in [1.165, 1.54) is 19.2 Å². The summed E-state index contributed by atoms with van der Waals surface area (Å²) in [5.74, 6) is 0.816. The zero-order chi connectivity index (χ0) is 14.7. The van der Waals surface area contributed by atoms with Crippen molar-refractivity contribution in [2.24, 2.45) is 0 Å². The molecule has 1 N–H and O–H groups in total. The minimum atomic E-state index is -0.399. The van der Waals surface area contributed by atoms with Crippen LogP contribution >= 0.6 is 0 Å². The lowest BCUT2D eigenvalue weighted by Crippen LogP contribution is -2.21. The van der Waals surface area contributed by atoms with Crippen LogP contribution in [0.5, 0.6) is 0 Å². The molecule has 0 radical (unpaired) electrons. The van der Waals surface area contributed by atoms with Gasteiger partial charge in [-0.15, -0.1) is 0 Å². The molecule has 0 spiro atoms. The number of nitrogens with zero attached hydrogens (tertiary/aromatic N) is 4. The summed E-state index contributed by atoms with van der Waals surface area (Å²) in [5.41, 5.74) is 1.40. The Morgan fingerprint density at radius 3 is 2.86 bits per heavy atom. The summed E-state index contributed by atoms with van der Waals surface area (Å²) in [6.45, 7) is 4.19. The van der Waals surface area contributed by atoms with E-state index in [9.17, 15) is 4.39 Å². The van der Waals surface area contributed by atoms with Gasteiger partial charge in [0.05, 0.1) is 5.69 Å². The van der Waals surface area contributed by atoms with E-state index in [0.717, 1.165) is 24.5 Å². The highest BCUT2D eigenvalue weighted by molar-refractivity contribution is 5.49. The molecular formula is C15H18FN5. The average molecular weight is 287 g/mol. The quantitative estimate of drug-likeness (QED) is 0.936. The second kappa shape index (κ2) is 6.03. The van der Waals surface area contributed by atoms with Gasteiger partial charge >= 0.3 is 0 Å². The van der Waals surface area contributed by atoms with Crippen molar-refractivity contribution in [3.8, 4) is 0 Å². The van der Waals surface area contributed by atoms with Gasteiger partial charge in [0.25, 0.3) is 0 Å². The number of rotatable bonds is 4. The predicted molar refractivity (Wildman–Crippen MR) is 79.7 cm³/mol. The lowest BCUT2D eigenvalue weighted by atomic mass is 10.2. The first kappa shape index (κ1) is 13.7. The van der Waals surface area contributed by atoms with Gasteiger partial charge in [0.2, 0.25) is 0 Å². The monoisotopic (exact) mass is 287 g/mol. The number of halogens is 1. The Hall–Kier alpha value is -2.24. The molecule has 1 aliphatic heterocycles. The van der Waals surface area contributed by atoms with E-state index in [4.69, 9.17) is 0 Å². The summed E-state index contributed by atoms with van der Waals surface area (Å²) in [4.78, 5) is 14.5. The molecule has 2 aromatic rings. The normalized spacial score (nSPS) is 14.5. The molecule has 0 aliphatic carbocycles. The Morgan fingerprint density at radius 1 is 1.24 bits per heavy atom. The highest BCUT2D eigenvalue weighted by atomic mass is 19.1. The lowest BCUT2D eigenvalue weighted by Gasteiger charge is -2.20. The van der Waals surface area contributed by atoms with Gasteiger partial charge in [-0.3, -0.25) is 0 Å². The molecule has 0 unspecified atom stereocenters. The Morgan fingerprint density at radius 2 is 2.05 bits per heavy atom. The van der Waals surface area contributed by atoms with Crippen LogP contribution in [0.15, 0.2) is 24.7 Å². The Bertz CT molecular complexity index is 625. The zero-order valence-corrected chi connectivity index (χ0v) is 12.0. The molecule has 21 heavy (non-hydrogen) atoms. The van der Waals surface area contributed by atoms with Crippen LogP contribution in [-0.2, 0) is 6.54 Å². The maximum absolute atomic E-state index is 13.9. The summed E-state index contributed by atoms with van der Waals surface area (Å²) in [6, 6.07) is 3.91. The molecule has 0 amide bonds. The van der Waals surface area contributed by atoms with E-state index in [1.807, 2.05) is 12.1 Å². The van der Waals surface area contributed by atoms with Gasteiger partial charge in [0, 0.05) is 31.4 Å². The molecular weight excluding hydrogens is 269 g/mol. The first-order valence-corrected chi connectivity index (χ1v) is 7.15.